The maximum atomic E-state index is 11.3. The van der Waals surface area contributed by atoms with E-state index in [-0.39, 0.29) is 17.9 Å². The molecule has 6 heteroatoms. The van der Waals surface area contributed by atoms with Crippen molar-refractivity contribution in [2.75, 3.05) is 24.6 Å². The van der Waals surface area contributed by atoms with Crippen molar-refractivity contribution in [2.24, 2.45) is 5.73 Å². The van der Waals surface area contributed by atoms with Gasteiger partial charge in [0.1, 0.15) is 0 Å². The summed E-state index contributed by atoms with van der Waals surface area (Å²) < 4.78 is 0. The molecule has 16 heavy (non-hydrogen) atoms. The van der Waals surface area contributed by atoms with Gasteiger partial charge in [-0.15, -0.1) is 0 Å². The third-order valence-corrected chi connectivity index (χ3v) is 3.04. The van der Waals surface area contributed by atoms with Crippen molar-refractivity contribution in [1.82, 2.24) is 10.6 Å². The second kappa shape index (κ2) is 9.47. The van der Waals surface area contributed by atoms with E-state index in [2.05, 4.69) is 10.6 Å². The summed E-state index contributed by atoms with van der Waals surface area (Å²) in [6.45, 7) is 4.42. The monoisotopic (exact) mass is 247 g/mol. The normalized spacial score (nSPS) is 11.9. The van der Waals surface area contributed by atoms with Crippen LogP contribution in [0.4, 0.5) is 0 Å². The van der Waals surface area contributed by atoms with E-state index in [9.17, 15) is 9.59 Å². The first kappa shape index (κ1) is 15.2. The van der Waals surface area contributed by atoms with Crippen molar-refractivity contribution in [2.45, 2.75) is 26.3 Å². The summed E-state index contributed by atoms with van der Waals surface area (Å²) in [5, 5.41) is 5.32. The Labute approximate surface area is 101 Å². The zero-order chi connectivity index (χ0) is 12.4. The maximum absolute atomic E-state index is 11.3. The van der Waals surface area contributed by atoms with E-state index in [0.717, 1.165) is 12.2 Å². The molecule has 0 aromatic heterocycles. The molecule has 0 saturated heterocycles. The Kier molecular flexibility index (Phi) is 9.03. The second-order valence-corrected chi connectivity index (χ2v) is 4.55. The highest BCUT2D eigenvalue weighted by Gasteiger charge is 2.03. The van der Waals surface area contributed by atoms with Gasteiger partial charge in [0.25, 0.3) is 0 Å². The smallest absolute Gasteiger partial charge is 0.230 e. The van der Waals surface area contributed by atoms with E-state index in [1.165, 1.54) is 18.7 Å². The highest BCUT2D eigenvalue weighted by molar-refractivity contribution is 7.99. The summed E-state index contributed by atoms with van der Waals surface area (Å²) in [4.78, 5) is 21.8. The van der Waals surface area contributed by atoms with Gasteiger partial charge in [-0.3, -0.25) is 9.59 Å². The molecule has 4 N–H and O–H groups in total. The molecule has 0 aliphatic rings. The van der Waals surface area contributed by atoms with Crippen LogP contribution < -0.4 is 16.4 Å². The fraction of sp³-hybridized carbons (Fsp3) is 0.800. The van der Waals surface area contributed by atoms with Crippen molar-refractivity contribution in [3.05, 3.63) is 0 Å². The lowest BCUT2D eigenvalue weighted by Crippen LogP contribution is -2.34. The number of carbonyl (C=O) groups is 2. The minimum atomic E-state index is -0.0856. The van der Waals surface area contributed by atoms with Gasteiger partial charge in [0, 0.05) is 31.8 Å². The second-order valence-electron chi connectivity index (χ2n) is 3.52. The summed E-state index contributed by atoms with van der Waals surface area (Å²) >= 11 is 1.53. The molecule has 0 aromatic rings. The molecular weight excluding hydrogens is 226 g/mol. The van der Waals surface area contributed by atoms with E-state index in [0.29, 0.717) is 18.8 Å². The lowest BCUT2D eigenvalue weighted by atomic mass is 10.3. The van der Waals surface area contributed by atoms with Gasteiger partial charge in [-0.05, 0) is 6.42 Å². The minimum Gasteiger partial charge on any atom is -0.355 e. The van der Waals surface area contributed by atoms with Gasteiger partial charge in [-0.25, -0.2) is 0 Å². The molecule has 0 aromatic carbocycles. The van der Waals surface area contributed by atoms with Gasteiger partial charge in [-0.2, -0.15) is 11.8 Å². The number of amides is 2. The fourth-order valence-corrected chi connectivity index (χ4v) is 1.86. The maximum Gasteiger partial charge on any atom is 0.230 e. The molecule has 2 amide bonds. The summed E-state index contributed by atoms with van der Waals surface area (Å²) in [7, 11) is 0. The summed E-state index contributed by atoms with van der Waals surface area (Å²) in [5.41, 5.74) is 5.71. The molecule has 0 spiro atoms. The van der Waals surface area contributed by atoms with E-state index in [4.69, 9.17) is 5.73 Å². The standard InChI is InChI=1S/C10H21N3O2S/c1-3-9(11)6-16-7-10(15)13-5-4-12-8(2)14/h9H,3-7,11H2,1-2H3,(H,12,14)(H,13,15). The van der Waals surface area contributed by atoms with Crippen molar-refractivity contribution in [1.29, 1.82) is 0 Å². The number of nitrogens with one attached hydrogen (secondary N) is 2. The SMILES string of the molecule is CCC(N)CSCC(=O)NCCNC(C)=O. The summed E-state index contributed by atoms with van der Waals surface area (Å²) in [6, 6.07) is 0.164. The number of nitrogens with two attached hydrogens (primary N) is 1. The molecular formula is C10H21N3O2S. The zero-order valence-corrected chi connectivity index (χ0v) is 10.7. The molecule has 0 radical (unpaired) electrons. The van der Waals surface area contributed by atoms with Crippen LogP contribution in [0.1, 0.15) is 20.3 Å². The Morgan fingerprint density at radius 3 is 2.50 bits per heavy atom. The average Bonchev–Trinajstić information content (AvgIpc) is 2.24. The van der Waals surface area contributed by atoms with Crippen LogP contribution in [0.2, 0.25) is 0 Å². The highest BCUT2D eigenvalue weighted by atomic mass is 32.2. The molecule has 1 atom stereocenters. The molecule has 94 valence electrons. The number of thioether (sulfide) groups is 1. The van der Waals surface area contributed by atoms with Gasteiger partial charge in [0.05, 0.1) is 5.75 Å². The van der Waals surface area contributed by atoms with Crippen LogP contribution in [0.5, 0.6) is 0 Å². The van der Waals surface area contributed by atoms with Crippen LogP contribution >= 0.6 is 11.8 Å². The van der Waals surface area contributed by atoms with Gasteiger partial charge in [-0.1, -0.05) is 6.92 Å². The first-order valence-corrected chi connectivity index (χ1v) is 6.56. The Morgan fingerprint density at radius 1 is 1.31 bits per heavy atom. The molecule has 1 unspecified atom stereocenters. The number of hydrogen-bond acceptors (Lipinski definition) is 4. The van der Waals surface area contributed by atoms with E-state index in [1.54, 1.807) is 0 Å². The molecule has 0 aliphatic heterocycles. The van der Waals surface area contributed by atoms with Gasteiger partial charge < -0.3 is 16.4 Å². The van der Waals surface area contributed by atoms with Crippen molar-refractivity contribution < 1.29 is 9.59 Å². The molecule has 0 heterocycles. The Hall–Kier alpha value is -0.750. The Bertz CT molecular complexity index is 224. The predicted octanol–water partition coefficient (Wildman–Crippen LogP) is -0.291. The van der Waals surface area contributed by atoms with Gasteiger partial charge >= 0.3 is 0 Å². The van der Waals surface area contributed by atoms with Crippen LogP contribution in [-0.4, -0.2) is 42.5 Å². The van der Waals surface area contributed by atoms with Gasteiger partial charge in [0.15, 0.2) is 0 Å². The van der Waals surface area contributed by atoms with Gasteiger partial charge in [0.2, 0.25) is 11.8 Å². The third kappa shape index (κ3) is 9.79. The van der Waals surface area contributed by atoms with Crippen molar-refractivity contribution in [3.63, 3.8) is 0 Å². The Morgan fingerprint density at radius 2 is 1.94 bits per heavy atom. The molecule has 0 rings (SSSR count). The molecule has 0 aliphatic carbocycles. The highest BCUT2D eigenvalue weighted by Crippen LogP contribution is 2.02. The van der Waals surface area contributed by atoms with Crippen molar-refractivity contribution >= 4 is 23.6 Å². The lowest BCUT2D eigenvalue weighted by molar-refractivity contribution is -0.120. The largest absolute Gasteiger partial charge is 0.355 e. The summed E-state index contributed by atoms with van der Waals surface area (Å²) in [6.07, 6.45) is 0.928. The average molecular weight is 247 g/mol. The van der Waals surface area contributed by atoms with E-state index < -0.39 is 0 Å². The topological polar surface area (TPSA) is 84.2 Å². The first-order valence-electron chi connectivity index (χ1n) is 5.40. The molecule has 0 saturated carbocycles. The van der Waals surface area contributed by atoms with Crippen LogP contribution in [-0.2, 0) is 9.59 Å². The summed E-state index contributed by atoms with van der Waals surface area (Å²) in [5.74, 6) is 1.12. The minimum absolute atomic E-state index is 0.0151. The van der Waals surface area contributed by atoms with E-state index in [1.807, 2.05) is 6.92 Å². The fourth-order valence-electron chi connectivity index (χ4n) is 0.912. The Balaban J connectivity index is 3.34. The van der Waals surface area contributed by atoms with Crippen molar-refractivity contribution in [3.8, 4) is 0 Å². The first-order chi connectivity index (χ1) is 7.56. The molecule has 5 nitrogen and oxygen atoms in total. The number of rotatable bonds is 8. The lowest BCUT2D eigenvalue weighted by Gasteiger charge is -2.08. The number of hydrogen-bond donors (Lipinski definition) is 3. The third-order valence-electron chi connectivity index (χ3n) is 1.91. The predicted molar refractivity (Wildman–Crippen MR) is 67.3 cm³/mol. The zero-order valence-electron chi connectivity index (χ0n) is 9.91. The van der Waals surface area contributed by atoms with E-state index >= 15 is 0 Å². The molecule has 0 fully saturated rings. The molecule has 0 bridgehead atoms. The quantitative estimate of drug-likeness (QED) is 0.515. The van der Waals surface area contributed by atoms with Crippen LogP contribution in [0, 0.1) is 0 Å². The number of carbonyl (C=O) groups excluding carboxylic acids is 2. The van der Waals surface area contributed by atoms with Crippen LogP contribution in [0.3, 0.4) is 0 Å². The van der Waals surface area contributed by atoms with Crippen LogP contribution in [0.15, 0.2) is 0 Å². The van der Waals surface area contributed by atoms with Crippen LogP contribution in [0.25, 0.3) is 0 Å².